The maximum Gasteiger partial charge on any atom is 0.141 e. The van der Waals surface area contributed by atoms with Crippen LogP contribution in [0.15, 0.2) is 12.1 Å². The molecule has 17 heavy (non-hydrogen) atoms. The smallest absolute Gasteiger partial charge is 0.141 e. The Labute approximate surface area is 108 Å². The van der Waals surface area contributed by atoms with E-state index in [4.69, 9.17) is 22.1 Å². The quantitative estimate of drug-likeness (QED) is 0.894. The molecule has 0 saturated heterocycles. The number of halogens is 1. The van der Waals surface area contributed by atoms with Gasteiger partial charge in [0.05, 0.1) is 12.1 Å². The van der Waals surface area contributed by atoms with Crippen LogP contribution in [0.4, 0.5) is 0 Å². The standard InChI is InChI=1S/C14H20ClNO/c1-3-10-7-11(13(17-2)12(15)8-10)14(9-16)5-4-6-14/h7-8H,3-6,9,16H2,1-2H3. The van der Waals surface area contributed by atoms with Crippen molar-refractivity contribution in [2.75, 3.05) is 13.7 Å². The molecule has 0 aliphatic heterocycles. The number of rotatable bonds is 4. The van der Waals surface area contributed by atoms with Crippen LogP contribution in [0, 0.1) is 0 Å². The normalized spacial score (nSPS) is 17.6. The molecule has 0 aromatic heterocycles. The maximum absolute atomic E-state index is 6.29. The molecule has 1 saturated carbocycles. The molecular weight excluding hydrogens is 234 g/mol. The predicted octanol–water partition coefficient (Wildman–Crippen LogP) is 3.29. The van der Waals surface area contributed by atoms with Crippen molar-refractivity contribution in [2.45, 2.75) is 38.0 Å². The molecule has 1 aliphatic rings. The van der Waals surface area contributed by atoms with E-state index in [-0.39, 0.29) is 5.41 Å². The Bertz CT molecular complexity index is 407. The van der Waals surface area contributed by atoms with Crippen molar-refractivity contribution in [1.29, 1.82) is 0 Å². The molecule has 2 N–H and O–H groups in total. The Balaban J connectivity index is 2.53. The summed E-state index contributed by atoms with van der Waals surface area (Å²) in [6.07, 6.45) is 4.51. The highest BCUT2D eigenvalue weighted by Crippen LogP contribution is 2.48. The van der Waals surface area contributed by atoms with Gasteiger partial charge in [-0.1, -0.05) is 31.0 Å². The molecule has 0 heterocycles. The van der Waals surface area contributed by atoms with Crippen LogP contribution in [-0.2, 0) is 11.8 Å². The third-order valence-electron chi connectivity index (χ3n) is 3.99. The monoisotopic (exact) mass is 253 g/mol. The van der Waals surface area contributed by atoms with E-state index in [0.717, 1.165) is 25.0 Å². The van der Waals surface area contributed by atoms with E-state index in [0.29, 0.717) is 11.6 Å². The third kappa shape index (κ3) is 2.04. The second-order valence-electron chi connectivity index (χ2n) is 4.85. The zero-order chi connectivity index (χ0) is 12.5. The average molecular weight is 254 g/mol. The molecule has 1 aliphatic carbocycles. The topological polar surface area (TPSA) is 35.2 Å². The van der Waals surface area contributed by atoms with Crippen LogP contribution in [0.1, 0.15) is 37.3 Å². The van der Waals surface area contributed by atoms with Crippen LogP contribution < -0.4 is 10.5 Å². The molecule has 1 aromatic carbocycles. The first-order valence-electron chi connectivity index (χ1n) is 6.24. The predicted molar refractivity (Wildman–Crippen MR) is 72.0 cm³/mol. The highest BCUT2D eigenvalue weighted by molar-refractivity contribution is 6.32. The summed E-state index contributed by atoms with van der Waals surface area (Å²) in [6, 6.07) is 4.21. The second kappa shape index (κ2) is 4.87. The molecular formula is C14H20ClNO. The number of aryl methyl sites for hydroxylation is 1. The number of methoxy groups -OCH3 is 1. The van der Waals surface area contributed by atoms with Gasteiger partial charge in [0.2, 0.25) is 0 Å². The van der Waals surface area contributed by atoms with Crippen LogP contribution in [0.5, 0.6) is 5.75 Å². The summed E-state index contributed by atoms with van der Waals surface area (Å²) in [4.78, 5) is 0. The molecule has 0 atom stereocenters. The van der Waals surface area contributed by atoms with Gasteiger partial charge in [0.15, 0.2) is 0 Å². The lowest BCUT2D eigenvalue weighted by atomic mass is 9.64. The van der Waals surface area contributed by atoms with Gasteiger partial charge in [0.25, 0.3) is 0 Å². The van der Waals surface area contributed by atoms with E-state index < -0.39 is 0 Å². The van der Waals surface area contributed by atoms with Gasteiger partial charge in [-0.3, -0.25) is 0 Å². The van der Waals surface area contributed by atoms with Gasteiger partial charge in [-0.15, -0.1) is 0 Å². The Morgan fingerprint density at radius 2 is 2.12 bits per heavy atom. The number of hydrogen-bond acceptors (Lipinski definition) is 2. The maximum atomic E-state index is 6.29. The van der Waals surface area contributed by atoms with Crippen LogP contribution in [0.2, 0.25) is 5.02 Å². The lowest BCUT2D eigenvalue weighted by Gasteiger charge is -2.42. The molecule has 3 heteroatoms. The summed E-state index contributed by atoms with van der Waals surface area (Å²) < 4.78 is 5.47. The lowest BCUT2D eigenvalue weighted by Crippen LogP contribution is -2.41. The van der Waals surface area contributed by atoms with Crippen molar-refractivity contribution in [3.8, 4) is 5.75 Å². The summed E-state index contributed by atoms with van der Waals surface area (Å²) in [5.41, 5.74) is 8.53. The molecule has 0 unspecified atom stereocenters. The SMILES string of the molecule is CCc1cc(Cl)c(OC)c(C2(CN)CCC2)c1. The Morgan fingerprint density at radius 3 is 2.53 bits per heavy atom. The fourth-order valence-corrected chi connectivity index (χ4v) is 2.96. The van der Waals surface area contributed by atoms with Crippen molar-refractivity contribution in [3.05, 3.63) is 28.3 Å². The number of benzene rings is 1. The number of hydrogen-bond donors (Lipinski definition) is 1. The van der Waals surface area contributed by atoms with Gasteiger partial charge in [0.1, 0.15) is 5.75 Å². The first-order valence-corrected chi connectivity index (χ1v) is 6.61. The minimum Gasteiger partial charge on any atom is -0.495 e. The zero-order valence-electron chi connectivity index (χ0n) is 10.6. The van der Waals surface area contributed by atoms with Gasteiger partial charge in [-0.2, -0.15) is 0 Å². The van der Waals surface area contributed by atoms with Crippen LogP contribution >= 0.6 is 11.6 Å². The number of ether oxygens (including phenoxy) is 1. The van der Waals surface area contributed by atoms with E-state index in [2.05, 4.69) is 13.0 Å². The van der Waals surface area contributed by atoms with Crippen LogP contribution in [0.25, 0.3) is 0 Å². The van der Waals surface area contributed by atoms with Crippen LogP contribution in [-0.4, -0.2) is 13.7 Å². The van der Waals surface area contributed by atoms with Gasteiger partial charge < -0.3 is 10.5 Å². The minimum atomic E-state index is 0.0974. The molecule has 1 fully saturated rings. The summed E-state index contributed by atoms with van der Waals surface area (Å²) in [6.45, 7) is 2.81. The first-order chi connectivity index (χ1) is 8.16. The summed E-state index contributed by atoms with van der Waals surface area (Å²) >= 11 is 6.29. The summed E-state index contributed by atoms with van der Waals surface area (Å²) in [5, 5.41) is 0.710. The second-order valence-corrected chi connectivity index (χ2v) is 5.26. The van der Waals surface area contributed by atoms with E-state index >= 15 is 0 Å². The van der Waals surface area contributed by atoms with Gasteiger partial charge in [0, 0.05) is 17.5 Å². The summed E-state index contributed by atoms with van der Waals surface area (Å²) in [7, 11) is 1.68. The van der Waals surface area contributed by atoms with Gasteiger partial charge in [-0.25, -0.2) is 0 Å². The van der Waals surface area contributed by atoms with Crippen molar-refractivity contribution < 1.29 is 4.74 Å². The molecule has 0 bridgehead atoms. The molecule has 0 spiro atoms. The fraction of sp³-hybridized carbons (Fsp3) is 0.571. The number of nitrogens with two attached hydrogens (primary N) is 1. The molecule has 1 aromatic rings. The van der Waals surface area contributed by atoms with E-state index in [1.54, 1.807) is 7.11 Å². The van der Waals surface area contributed by atoms with Crippen molar-refractivity contribution >= 4 is 11.6 Å². The fourth-order valence-electron chi connectivity index (χ4n) is 2.64. The van der Waals surface area contributed by atoms with Crippen LogP contribution in [0.3, 0.4) is 0 Å². The first kappa shape index (κ1) is 12.7. The van der Waals surface area contributed by atoms with Gasteiger partial charge in [-0.05, 0) is 30.9 Å². The largest absolute Gasteiger partial charge is 0.495 e. The van der Waals surface area contributed by atoms with E-state index in [1.165, 1.54) is 17.5 Å². The third-order valence-corrected chi connectivity index (χ3v) is 4.27. The Kier molecular flexibility index (Phi) is 3.64. The highest BCUT2D eigenvalue weighted by atomic mass is 35.5. The van der Waals surface area contributed by atoms with Crippen molar-refractivity contribution in [2.24, 2.45) is 5.73 Å². The molecule has 0 radical (unpaired) electrons. The summed E-state index contributed by atoms with van der Waals surface area (Å²) in [5.74, 6) is 0.814. The van der Waals surface area contributed by atoms with Gasteiger partial charge >= 0.3 is 0 Å². The zero-order valence-corrected chi connectivity index (χ0v) is 11.3. The molecule has 94 valence electrons. The highest BCUT2D eigenvalue weighted by Gasteiger charge is 2.40. The minimum absolute atomic E-state index is 0.0974. The molecule has 2 rings (SSSR count). The molecule has 2 nitrogen and oxygen atoms in total. The Morgan fingerprint density at radius 1 is 1.41 bits per heavy atom. The molecule has 0 amide bonds. The Hall–Kier alpha value is -0.730. The van der Waals surface area contributed by atoms with Crippen molar-refractivity contribution in [1.82, 2.24) is 0 Å². The average Bonchev–Trinajstić information content (AvgIpc) is 2.28. The lowest BCUT2D eigenvalue weighted by molar-refractivity contribution is 0.243. The van der Waals surface area contributed by atoms with Crippen molar-refractivity contribution in [3.63, 3.8) is 0 Å². The van der Waals surface area contributed by atoms with E-state index in [1.807, 2.05) is 6.07 Å². The van der Waals surface area contributed by atoms with E-state index in [9.17, 15) is 0 Å².